The number of aryl methyl sites for hydroxylation is 1. The van der Waals surface area contributed by atoms with E-state index in [1.165, 1.54) is 24.3 Å². The summed E-state index contributed by atoms with van der Waals surface area (Å²) in [6.45, 7) is 0. The minimum atomic E-state index is -0.525. The highest BCUT2D eigenvalue weighted by Crippen LogP contribution is 2.25. The molecule has 0 unspecified atom stereocenters. The van der Waals surface area contributed by atoms with E-state index >= 15 is 0 Å². The lowest BCUT2D eigenvalue weighted by atomic mass is 10.1. The van der Waals surface area contributed by atoms with Crippen LogP contribution in [-0.4, -0.2) is 10.8 Å². The van der Waals surface area contributed by atoms with Gasteiger partial charge in [-0.25, -0.2) is 4.39 Å². The van der Waals surface area contributed by atoms with Gasteiger partial charge in [0.25, 0.3) is 5.69 Å². The SMILES string of the molecule is O=C(CCc1ccc(-c2ccccc2F)o1)Nc1cccc([N+](=O)[O-])c1. The molecular formula is C19H15FN2O4. The molecule has 0 fully saturated rings. The number of nitrogens with one attached hydrogen (secondary N) is 1. The molecule has 0 spiro atoms. The number of halogens is 1. The molecule has 0 aliphatic carbocycles. The third kappa shape index (κ3) is 4.13. The Labute approximate surface area is 148 Å². The summed E-state index contributed by atoms with van der Waals surface area (Å²) in [5, 5.41) is 13.4. The van der Waals surface area contributed by atoms with Gasteiger partial charge in [-0.1, -0.05) is 18.2 Å². The molecule has 26 heavy (non-hydrogen) atoms. The van der Waals surface area contributed by atoms with Gasteiger partial charge < -0.3 is 9.73 Å². The van der Waals surface area contributed by atoms with Crippen LogP contribution in [0.15, 0.2) is 65.1 Å². The molecule has 1 N–H and O–H groups in total. The lowest BCUT2D eigenvalue weighted by Gasteiger charge is -2.04. The van der Waals surface area contributed by atoms with Crippen molar-refractivity contribution in [3.63, 3.8) is 0 Å². The minimum Gasteiger partial charge on any atom is -0.461 e. The van der Waals surface area contributed by atoms with Crippen LogP contribution in [0.5, 0.6) is 0 Å². The molecule has 0 saturated carbocycles. The van der Waals surface area contributed by atoms with Gasteiger partial charge in [0.1, 0.15) is 17.3 Å². The van der Waals surface area contributed by atoms with E-state index < -0.39 is 4.92 Å². The van der Waals surface area contributed by atoms with Gasteiger partial charge in [-0.15, -0.1) is 0 Å². The molecule has 3 aromatic rings. The summed E-state index contributed by atoms with van der Waals surface area (Å²) in [6.07, 6.45) is 0.460. The summed E-state index contributed by atoms with van der Waals surface area (Å²) in [6, 6.07) is 15.4. The smallest absolute Gasteiger partial charge is 0.271 e. The van der Waals surface area contributed by atoms with Crippen LogP contribution in [0.25, 0.3) is 11.3 Å². The fraction of sp³-hybridized carbons (Fsp3) is 0.105. The van der Waals surface area contributed by atoms with Gasteiger partial charge in [0.05, 0.1) is 10.5 Å². The summed E-state index contributed by atoms with van der Waals surface area (Å²) in [4.78, 5) is 22.2. The van der Waals surface area contributed by atoms with Crippen LogP contribution in [0.4, 0.5) is 15.8 Å². The van der Waals surface area contributed by atoms with Gasteiger partial charge in [0, 0.05) is 30.7 Å². The standard InChI is InChI=1S/C19H15FN2O4/c20-17-7-2-1-6-16(17)18-10-8-15(26-18)9-11-19(23)21-13-4-3-5-14(12-13)22(24)25/h1-8,10,12H,9,11H2,(H,21,23). The van der Waals surface area contributed by atoms with Gasteiger partial charge in [0.15, 0.2) is 0 Å². The van der Waals surface area contributed by atoms with E-state index in [1.54, 1.807) is 36.4 Å². The second-order valence-electron chi connectivity index (χ2n) is 5.60. The average molecular weight is 354 g/mol. The lowest BCUT2D eigenvalue weighted by molar-refractivity contribution is -0.384. The molecule has 0 aliphatic heterocycles. The van der Waals surface area contributed by atoms with Crippen LogP contribution in [0.2, 0.25) is 0 Å². The van der Waals surface area contributed by atoms with E-state index in [9.17, 15) is 19.3 Å². The van der Waals surface area contributed by atoms with Gasteiger partial charge in [-0.2, -0.15) is 0 Å². The molecule has 0 atom stereocenters. The van der Waals surface area contributed by atoms with E-state index in [0.717, 1.165) is 0 Å². The summed E-state index contributed by atoms with van der Waals surface area (Å²) in [7, 11) is 0. The van der Waals surface area contributed by atoms with Crippen molar-refractivity contribution < 1.29 is 18.5 Å². The lowest BCUT2D eigenvalue weighted by Crippen LogP contribution is -2.12. The normalized spacial score (nSPS) is 10.5. The first-order valence-corrected chi connectivity index (χ1v) is 7.91. The van der Waals surface area contributed by atoms with E-state index in [2.05, 4.69) is 5.32 Å². The molecule has 0 aliphatic rings. The molecule has 0 saturated heterocycles. The summed E-state index contributed by atoms with van der Waals surface area (Å²) in [5.41, 5.74) is 0.624. The highest BCUT2D eigenvalue weighted by Gasteiger charge is 2.12. The first-order chi connectivity index (χ1) is 12.5. The number of benzene rings is 2. The highest BCUT2D eigenvalue weighted by molar-refractivity contribution is 5.91. The second-order valence-corrected chi connectivity index (χ2v) is 5.60. The molecule has 1 amide bonds. The average Bonchev–Trinajstić information content (AvgIpc) is 3.09. The zero-order chi connectivity index (χ0) is 18.5. The number of anilines is 1. The Balaban J connectivity index is 1.59. The molecule has 1 heterocycles. The van der Waals surface area contributed by atoms with Crippen LogP contribution >= 0.6 is 0 Å². The Morgan fingerprint density at radius 1 is 1.12 bits per heavy atom. The first-order valence-electron chi connectivity index (χ1n) is 7.91. The van der Waals surface area contributed by atoms with Gasteiger partial charge in [-0.05, 0) is 30.3 Å². The monoisotopic (exact) mass is 354 g/mol. The topological polar surface area (TPSA) is 85.4 Å². The molecule has 0 bridgehead atoms. The van der Waals surface area contributed by atoms with Crippen molar-refractivity contribution in [2.45, 2.75) is 12.8 Å². The zero-order valence-electron chi connectivity index (χ0n) is 13.6. The molecular weight excluding hydrogens is 339 g/mol. The molecule has 132 valence electrons. The predicted octanol–water partition coefficient (Wildman–Crippen LogP) is 4.57. The maximum atomic E-state index is 13.8. The number of non-ortho nitro benzene ring substituents is 1. The molecule has 6 nitrogen and oxygen atoms in total. The number of nitro benzene ring substituents is 1. The fourth-order valence-corrected chi connectivity index (χ4v) is 2.48. The highest BCUT2D eigenvalue weighted by atomic mass is 19.1. The second kappa shape index (κ2) is 7.60. The maximum Gasteiger partial charge on any atom is 0.271 e. The Morgan fingerprint density at radius 3 is 2.69 bits per heavy atom. The van der Waals surface area contributed by atoms with Crippen molar-refractivity contribution in [2.75, 3.05) is 5.32 Å². The van der Waals surface area contributed by atoms with Crippen molar-refractivity contribution >= 4 is 17.3 Å². The van der Waals surface area contributed by atoms with Crippen molar-refractivity contribution in [1.82, 2.24) is 0 Å². The largest absolute Gasteiger partial charge is 0.461 e. The number of furan rings is 1. The number of carbonyl (C=O) groups excluding carboxylic acids is 1. The summed E-state index contributed by atoms with van der Waals surface area (Å²) in [5.74, 6) is 0.279. The number of hydrogen-bond donors (Lipinski definition) is 1. The van der Waals surface area contributed by atoms with Gasteiger partial charge in [-0.3, -0.25) is 14.9 Å². The first kappa shape index (κ1) is 17.3. The third-order valence-corrected chi connectivity index (χ3v) is 3.74. The van der Waals surface area contributed by atoms with Crippen LogP contribution in [0.3, 0.4) is 0 Å². The molecule has 2 aromatic carbocycles. The number of amides is 1. The van der Waals surface area contributed by atoms with Crippen molar-refractivity contribution in [1.29, 1.82) is 0 Å². The number of nitro groups is 1. The van der Waals surface area contributed by atoms with Crippen molar-refractivity contribution in [2.24, 2.45) is 0 Å². The van der Waals surface area contributed by atoms with Crippen LogP contribution in [0.1, 0.15) is 12.2 Å². The Bertz CT molecular complexity index is 952. The Hall–Kier alpha value is -3.48. The predicted molar refractivity (Wildman–Crippen MR) is 94.1 cm³/mol. The fourth-order valence-electron chi connectivity index (χ4n) is 2.48. The molecule has 7 heteroatoms. The van der Waals surface area contributed by atoms with Crippen LogP contribution in [-0.2, 0) is 11.2 Å². The molecule has 3 rings (SSSR count). The third-order valence-electron chi connectivity index (χ3n) is 3.74. The Kier molecular flexibility index (Phi) is 5.07. The van der Waals surface area contributed by atoms with E-state index in [0.29, 0.717) is 29.2 Å². The van der Waals surface area contributed by atoms with Crippen molar-refractivity contribution in [3.8, 4) is 11.3 Å². The van der Waals surface area contributed by atoms with E-state index in [4.69, 9.17) is 4.42 Å². The zero-order valence-corrected chi connectivity index (χ0v) is 13.6. The number of hydrogen-bond acceptors (Lipinski definition) is 4. The molecule has 1 aromatic heterocycles. The van der Waals surface area contributed by atoms with Crippen molar-refractivity contribution in [3.05, 3.63) is 82.4 Å². The van der Waals surface area contributed by atoms with E-state index in [-0.39, 0.29) is 23.8 Å². The Morgan fingerprint density at radius 2 is 1.92 bits per heavy atom. The minimum absolute atomic E-state index is 0.0941. The number of carbonyl (C=O) groups is 1. The van der Waals surface area contributed by atoms with Crippen LogP contribution < -0.4 is 5.32 Å². The van der Waals surface area contributed by atoms with Gasteiger partial charge >= 0.3 is 0 Å². The number of rotatable bonds is 6. The van der Waals surface area contributed by atoms with Gasteiger partial charge in [0.2, 0.25) is 5.91 Å². The number of nitrogens with zero attached hydrogens (tertiary/aromatic N) is 1. The van der Waals surface area contributed by atoms with Crippen LogP contribution in [0, 0.1) is 15.9 Å². The summed E-state index contributed by atoms with van der Waals surface area (Å²) < 4.78 is 19.4. The molecule has 0 radical (unpaired) electrons. The quantitative estimate of drug-likeness (QED) is 0.519. The maximum absolute atomic E-state index is 13.8. The summed E-state index contributed by atoms with van der Waals surface area (Å²) >= 11 is 0. The van der Waals surface area contributed by atoms with E-state index in [1.807, 2.05) is 0 Å².